The predicted octanol–water partition coefficient (Wildman–Crippen LogP) is 3.16. The Morgan fingerprint density at radius 3 is 2.83 bits per heavy atom. The molecule has 0 atom stereocenters. The molecule has 0 aromatic heterocycles. The molecule has 5 heteroatoms. The number of carbonyl (C=O) groups excluding carboxylic acids is 1. The maximum atomic E-state index is 11.4. The first-order chi connectivity index (χ1) is 8.63. The smallest absolute Gasteiger partial charge is 0.244 e. The second-order valence-corrected chi connectivity index (χ2v) is 4.46. The molecule has 0 aliphatic heterocycles. The molecule has 1 rings (SSSR count). The molecule has 0 aliphatic carbocycles. The van der Waals surface area contributed by atoms with Gasteiger partial charge in [0.05, 0.1) is 10.0 Å². The summed E-state index contributed by atoms with van der Waals surface area (Å²) in [6, 6.07) is 5.20. The van der Waals surface area contributed by atoms with Gasteiger partial charge in [-0.25, -0.2) is 0 Å². The lowest BCUT2D eigenvalue weighted by Gasteiger charge is -2.01. The van der Waals surface area contributed by atoms with E-state index in [0.29, 0.717) is 23.2 Å². The highest BCUT2D eigenvalue weighted by atomic mass is 35.5. The van der Waals surface area contributed by atoms with Gasteiger partial charge in [-0.15, -0.1) is 0 Å². The summed E-state index contributed by atoms with van der Waals surface area (Å²) in [7, 11) is 1.63. The van der Waals surface area contributed by atoms with E-state index in [1.165, 1.54) is 6.08 Å². The number of methoxy groups -OCH3 is 1. The number of rotatable bonds is 6. The Labute approximate surface area is 117 Å². The van der Waals surface area contributed by atoms with Crippen molar-refractivity contribution in [1.29, 1.82) is 0 Å². The quantitative estimate of drug-likeness (QED) is 0.645. The minimum Gasteiger partial charge on any atom is -0.385 e. The van der Waals surface area contributed by atoms with Gasteiger partial charge in [0.25, 0.3) is 0 Å². The number of ether oxygens (including phenoxy) is 1. The van der Waals surface area contributed by atoms with Gasteiger partial charge in [-0.05, 0) is 30.2 Å². The molecule has 0 unspecified atom stereocenters. The van der Waals surface area contributed by atoms with Crippen LogP contribution in [-0.4, -0.2) is 26.2 Å². The van der Waals surface area contributed by atoms with Gasteiger partial charge in [0, 0.05) is 26.3 Å². The van der Waals surface area contributed by atoms with Crippen molar-refractivity contribution in [3.63, 3.8) is 0 Å². The molecule has 18 heavy (non-hydrogen) atoms. The number of amides is 1. The van der Waals surface area contributed by atoms with Crippen LogP contribution in [0.2, 0.25) is 10.0 Å². The lowest BCUT2D eigenvalue weighted by molar-refractivity contribution is -0.116. The fourth-order valence-corrected chi connectivity index (χ4v) is 1.58. The Hall–Kier alpha value is -1.03. The summed E-state index contributed by atoms with van der Waals surface area (Å²) in [5.41, 5.74) is 0.830. The fraction of sp³-hybridized carbons (Fsp3) is 0.308. The monoisotopic (exact) mass is 287 g/mol. The third kappa shape index (κ3) is 5.54. The van der Waals surface area contributed by atoms with Crippen LogP contribution < -0.4 is 5.32 Å². The number of nitrogens with one attached hydrogen (secondary N) is 1. The first-order valence-electron chi connectivity index (χ1n) is 5.53. The van der Waals surface area contributed by atoms with E-state index < -0.39 is 0 Å². The summed E-state index contributed by atoms with van der Waals surface area (Å²) >= 11 is 11.7. The number of benzene rings is 1. The Bertz CT molecular complexity index is 433. The zero-order valence-electron chi connectivity index (χ0n) is 10.1. The lowest BCUT2D eigenvalue weighted by Crippen LogP contribution is -2.22. The van der Waals surface area contributed by atoms with Crippen LogP contribution in [0.25, 0.3) is 6.08 Å². The minimum absolute atomic E-state index is 0.142. The van der Waals surface area contributed by atoms with Gasteiger partial charge in [-0.1, -0.05) is 29.3 Å². The third-order valence-electron chi connectivity index (χ3n) is 2.20. The average molecular weight is 288 g/mol. The first-order valence-corrected chi connectivity index (χ1v) is 6.29. The Morgan fingerprint density at radius 2 is 2.17 bits per heavy atom. The highest BCUT2D eigenvalue weighted by Crippen LogP contribution is 2.22. The summed E-state index contributed by atoms with van der Waals surface area (Å²) in [6.45, 7) is 1.23. The lowest BCUT2D eigenvalue weighted by atomic mass is 10.2. The topological polar surface area (TPSA) is 38.3 Å². The molecular weight excluding hydrogens is 273 g/mol. The molecule has 1 N–H and O–H groups in total. The molecule has 0 spiro atoms. The van der Waals surface area contributed by atoms with E-state index in [2.05, 4.69) is 5.32 Å². The minimum atomic E-state index is -0.142. The standard InChI is InChI=1S/C13H15Cl2NO2/c1-18-8-2-7-16-13(17)6-4-10-3-5-11(14)12(15)9-10/h3-6,9H,2,7-8H2,1H3,(H,16,17). The zero-order valence-corrected chi connectivity index (χ0v) is 11.6. The van der Waals surface area contributed by atoms with Crippen molar-refractivity contribution in [3.05, 3.63) is 39.9 Å². The molecule has 0 heterocycles. The number of carbonyl (C=O) groups is 1. The van der Waals surface area contributed by atoms with Gasteiger partial charge in [-0.3, -0.25) is 4.79 Å². The van der Waals surface area contributed by atoms with Crippen molar-refractivity contribution in [1.82, 2.24) is 5.32 Å². The molecule has 1 aromatic rings. The normalized spacial score (nSPS) is 10.8. The second-order valence-electron chi connectivity index (χ2n) is 3.64. The average Bonchev–Trinajstić information content (AvgIpc) is 2.36. The highest BCUT2D eigenvalue weighted by molar-refractivity contribution is 6.42. The first kappa shape index (κ1) is 15.0. The van der Waals surface area contributed by atoms with Crippen LogP contribution in [0, 0.1) is 0 Å². The largest absolute Gasteiger partial charge is 0.385 e. The molecule has 1 amide bonds. The van der Waals surface area contributed by atoms with E-state index in [1.807, 2.05) is 0 Å². The molecule has 0 saturated carbocycles. The SMILES string of the molecule is COCCCNC(=O)C=Cc1ccc(Cl)c(Cl)c1. The zero-order chi connectivity index (χ0) is 13.4. The summed E-state index contributed by atoms with van der Waals surface area (Å²) < 4.78 is 4.88. The molecule has 0 aliphatic rings. The van der Waals surface area contributed by atoms with Crippen molar-refractivity contribution in [2.45, 2.75) is 6.42 Å². The van der Waals surface area contributed by atoms with Gasteiger partial charge < -0.3 is 10.1 Å². The molecule has 0 saturated heterocycles. The molecule has 3 nitrogen and oxygen atoms in total. The van der Waals surface area contributed by atoms with Gasteiger partial charge >= 0.3 is 0 Å². The number of hydrogen-bond donors (Lipinski definition) is 1. The number of hydrogen-bond acceptors (Lipinski definition) is 2. The van der Waals surface area contributed by atoms with Gasteiger partial charge in [0.1, 0.15) is 0 Å². The van der Waals surface area contributed by atoms with Gasteiger partial charge in [-0.2, -0.15) is 0 Å². The Balaban J connectivity index is 2.43. The second kappa shape index (κ2) is 8.14. The van der Waals surface area contributed by atoms with Gasteiger partial charge in [0.2, 0.25) is 5.91 Å². The summed E-state index contributed by atoms with van der Waals surface area (Å²) in [5, 5.41) is 3.72. The van der Waals surface area contributed by atoms with E-state index in [0.717, 1.165) is 12.0 Å². The maximum absolute atomic E-state index is 11.4. The highest BCUT2D eigenvalue weighted by Gasteiger charge is 1.98. The molecule has 0 fully saturated rings. The van der Waals surface area contributed by atoms with Gasteiger partial charge in [0.15, 0.2) is 0 Å². The summed E-state index contributed by atoms with van der Waals surface area (Å²) in [5.74, 6) is -0.142. The molecular formula is C13H15Cl2NO2. The van der Waals surface area contributed by atoms with Crippen LogP contribution >= 0.6 is 23.2 Å². The van der Waals surface area contributed by atoms with E-state index in [9.17, 15) is 4.79 Å². The molecule has 0 radical (unpaired) electrons. The van der Waals surface area contributed by atoms with Crippen LogP contribution in [0.5, 0.6) is 0 Å². The Morgan fingerprint density at radius 1 is 1.39 bits per heavy atom. The fourth-order valence-electron chi connectivity index (χ4n) is 1.27. The van der Waals surface area contributed by atoms with Crippen molar-refractivity contribution >= 4 is 35.2 Å². The third-order valence-corrected chi connectivity index (χ3v) is 2.93. The van der Waals surface area contributed by atoms with Crippen molar-refractivity contribution < 1.29 is 9.53 Å². The Kier molecular flexibility index (Phi) is 6.80. The van der Waals surface area contributed by atoms with Crippen LogP contribution in [-0.2, 0) is 9.53 Å². The van der Waals surface area contributed by atoms with Crippen LogP contribution in [0.4, 0.5) is 0 Å². The number of halogens is 2. The van der Waals surface area contributed by atoms with Crippen LogP contribution in [0.1, 0.15) is 12.0 Å². The maximum Gasteiger partial charge on any atom is 0.244 e. The van der Waals surface area contributed by atoms with E-state index in [4.69, 9.17) is 27.9 Å². The summed E-state index contributed by atoms with van der Waals surface area (Å²) in [6.07, 6.45) is 3.95. The van der Waals surface area contributed by atoms with Crippen LogP contribution in [0.15, 0.2) is 24.3 Å². The molecule has 1 aromatic carbocycles. The summed E-state index contributed by atoms with van der Waals surface area (Å²) in [4.78, 5) is 11.4. The molecule has 0 bridgehead atoms. The van der Waals surface area contributed by atoms with E-state index in [1.54, 1.807) is 31.4 Å². The molecule has 98 valence electrons. The van der Waals surface area contributed by atoms with Crippen LogP contribution in [0.3, 0.4) is 0 Å². The van der Waals surface area contributed by atoms with Crippen molar-refractivity contribution in [3.8, 4) is 0 Å². The predicted molar refractivity (Wildman–Crippen MR) is 75.0 cm³/mol. The van der Waals surface area contributed by atoms with Crippen molar-refractivity contribution in [2.24, 2.45) is 0 Å². The van der Waals surface area contributed by atoms with Crippen molar-refractivity contribution in [2.75, 3.05) is 20.3 Å². The van der Waals surface area contributed by atoms with E-state index in [-0.39, 0.29) is 5.91 Å². The van der Waals surface area contributed by atoms with E-state index >= 15 is 0 Å².